The largest absolute Gasteiger partial charge is 0.508 e. The lowest BCUT2D eigenvalue weighted by Gasteiger charge is -2.25. The minimum absolute atomic E-state index is 0.0214. The van der Waals surface area contributed by atoms with E-state index in [1.54, 1.807) is 60.7 Å². The second-order valence-electron chi connectivity index (χ2n) is 6.60. The van der Waals surface area contributed by atoms with Gasteiger partial charge in [0, 0.05) is 16.3 Å². The molecule has 3 aromatic carbocycles. The van der Waals surface area contributed by atoms with Gasteiger partial charge in [-0.1, -0.05) is 41.9 Å². The first-order valence-corrected chi connectivity index (χ1v) is 9.26. The first kappa shape index (κ1) is 18.8. The van der Waals surface area contributed by atoms with Crippen molar-refractivity contribution in [3.63, 3.8) is 0 Å². The number of carbonyl (C=O) groups excluding carboxylic acids is 2. The summed E-state index contributed by atoms with van der Waals surface area (Å²) in [6.07, 6.45) is 0. The number of halogens is 1. The maximum atomic E-state index is 12.9. The van der Waals surface area contributed by atoms with Crippen LogP contribution in [0, 0.1) is 0 Å². The highest BCUT2D eigenvalue weighted by molar-refractivity contribution is 6.51. The fourth-order valence-corrected chi connectivity index (χ4v) is 3.55. The molecule has 0 aliphatic carbocycles. The number of hydrogen-bond donors (Lipinski definition) is 2. The highest BCUT2D eigenvalue weighted by atomic mass is 35.5. The van der Waals surface area contributed by atoms with Gasteiger partial charge < -0.3 is 10.2 Å². The molecular formula is C23H16ClNO4. The highest BCUT2D eigenvalue weighted by Gasteiger charge is 2.46. The molecule has 0 aromatic heterocycles. The van der Waals surface area contributed by atoms with Crippen molar-refractivity contribution in [1.82, 2.24) is 0 Å². The minimum atomic E-state index is -0.839. The fourth-order valence-electron chi connectivity index (χ4n) is 3.42. The van der Waals surface area contributed by atoms with Gasteiger partial charge in [0.15, 0.2) is 0 Å². The Balaban J connectivity index is 1.94. The van der Waals surface area contributed by atoms with Crippen molar-refractivity contribution in [1.29, 1.82) is 0 Å². The Kier molecular flexibility index (Phi) is 4.82. The van der Waals surface area contributed by atoms with Gasteiger partial charge in [0.25, 0.3) is 11.7 Å². The van der Waals surface area contributed by atoms with Crippen molar-refractivity contribution in [3.05, 3.63) is 101 Å². The maximum Gasteiger partial charge on any atom is 0.300 e. The second kappa shape index (κ2) is 7.45. The van der Waals surface area contributed by atoms with E-state index in [4.69, 9.17) is 11.6 Å². The molecule has 144 valence electrons. The number of aliphatic hydroxyl groups excluding tert-OH is 1. The summed E-state index contributed by atoms with van der Waals surface area (Å²) in [5, 5.41) is 21.1. The molecule has 4 rings (SSSR count). The van der Waals surface area contributed by atoms with Crippen molar-refractivity contribution in [2.75, 3.05) is 4.90 Å². The molecule has 3 aromatic rings. The second-order valence-corrected chi connectivity index (χ2v) is 7.04. The van der Waals surface area contributed by atoms with E-state index >= 15 is 0 Å². The molecule has 1 atom stereocenters. The number of rotatable bonds is 3. The third-order valence-corrected chi connectivity index (χ3v) is 5.06. The van der Waals surface area contributed by atoms with Crippen LogP contribution in [0.1, 0.15) is 17.2 Å². The molecule has 1 aliphatic heterocycles. The van der Waals surface area contributed by atoms with Gasteiger partial charge in [-0.3, -0.25) is 14.5 Å². The number of hydrogen-bond acceptors (Lipinski definition) is 4. The molecule has 1 fully saturated rings. The van der Waals surface area contributed by atoms with E-state index in [1.807, 2.05) is 6.07 Å². The van der Waals surface area contributed by atoms with E-state index in [9.17, 15) is 19.8 Å². The SMILES string of the molecule is O=C1C(=O)N(c2ccccc2)C(c2ccc(O)cc2)/C1=C(/O)c1ccc(Cl)cc1. The van der Waals surface area contributed by atoms with Crippen molar-refractivity contribution in [2.45, 2.75) is 6.04 Å². The van der Waals surface area contributed by atoms with E-state index < -0.39 is 17.7 Å². The summed E-state index contributed by atoms with van der Waals surface area (Å²) < 4.78 is 0. The molecule has 1 amide bonds. The predicted octanol–water partition coefficient (Wildman–Crippen LogP) is 4.67. The molecule has 1 saturated heterocycles. The highest BCUT2D eigenvalue weighted by Crippen LogP contribution is 2.42. The zero-order chi connectivity index (χ0) is 20.5. The van der Waals surface area contributed by atoms with Gasteiger partial charge in [0.05, 0.1) is 11.6 Å². The maximum absolute atomic E-state index is 12.9. The Hall–Kier alpha value is -3.57. The van der Waals surface area contributed by atoms with Crippen molar-refractivity contribution >= 4 is 34.7 Å². The van der Waals surface area contributed by atoms with Gasteiger partial charge in [-0.25, -0.2) is 0 Å². The molecular weight excluding hydrogens is 390 g/mol. The van der Waals surface area contributed by atoms with Gasteiger partial charge in [0.2, 0.25) is 0 Å². The zero-order valence-corrected chi connectivity index (χ0v) is 15.9. The average Bonchev–Trinajstić information content (AvgIpc) is 3.00. The monoisotopic (exact) mass is 405 g/mol. The quantitative estimate of drug-likeness (QED) is 0.377. The number of phenolic OH excluding ortho intramolecular Hbond substituents is 1. The number of amides is 1. The molecule has 2 N–H and O–H groups in total. The summed E-state index contributed by atoms with van der Waals surface area (Å²) in [6.45, 7) is 0. The van der Waals surface area contributed by atoms with E-state index in [-0.39, 0.29) is 17.1 Å². The minimum Gasteiger partial charge on any atom is -0.508 e. The Morgan fingerprint density at radius 3 is 2.10 bits per heavy atom. The number of Topliss-reactive ketones (excluding diaryl/α,β-unsaturated/α-hetero) is 1. The molecule has 6 heteroatoms. The molecule has 0 spiro atoms. The van der Waals surface area contributed by atoms with E-state index in [0.717, 1.165) is 0 Å². The van der Waals surface area contributed by atoms with Gasteiger partial charge >= 0.3 is 0 Å². The van der Waals surface area contributed by atoms with Gasteiger partial charge in [-0.15, -0.1) is 0 Å². The normalized spacial score (nSPS) is 18.2. The number of para-hydroxylation sites is 1. The standard InChI is InChI=1S/C23H16ClNO4/c24-16-10-6-15(7-11-16)21(27)19-20(14-8-12-18(26)13-9-14)25(23(29)22(19)28)17-4-2-1-3-5-17/h1-13,20,26-27H/b21-19-. The summed E-state index contributed by atoms with van der Waals surface area (Å²) in [4.78, 5) is 27.2. The van der Waals surface area contributed by atoms with Crippen LogP contribution >= 0.6 is 11.6 Å². The Bertz CT molecular complexity index is 1110. The molecule has 5 nitrogen and oxygen atoms in total. The Labute approximate surface area is 172 Å². The molecule has 0 saturated carbocycles. The van der Waals surface area contributed by atoms with Crippen LogP contribution in [0.5, 0.6) is 5.75 Å². The molecule has 1 heterocycles. The van der Waals surface area contributed by atoms with Crippen LogP contribution in [-0.2, 0) is 9.59 Å². The third kappa shape index (κ3) is 3.37. The number of ketones is 1. The van der Waals surface area contributed by atoms with Gasteiger partial charge in [-0.2, -0.15) is 0 Å². The van der Waals surface area contributed by atoms with E-state index in [0.29, 0.717) is 21.8 Å². The first-order chi connectivity index (χ1) is 14.0. The first-order valence-electron chi connectivity index (χ1n) is 8.88. The summed E-state index contributed by atoms with van der Waals surface area (Å²) in [5.41, 5.74) is 1.47. The Morgan fingerprint density at radius 2 is 1.48 bits per heavy atom. The molecule has 0 radical (unpaired) electrons. The number of carbonyl (C=O) groups is 2. The van der Waals surface area contributed by atoms with Crippen molar-refractivity contribution in [2.24, 2.45) is 0 Å². The summed E-state index contributed by atoms with van der Waals surface area (Å²) in [5.74, 6) is -1.73. The van der Waals surface area contributed by atoms with Crippen molar-refractivity contribution in [3.8, 4) is 5.75 Å². The average molecular weight is 406 g/mol. The zero-order valence-electron chi connectivity index (χ0n) is 15.1. The number of phenols is 1. The summed E-state index contributed by atoms with van der Waals surface area (Å²) >= 11 is 5.92. The summed E-state index contributed by atoms with van der Waals surface area (Å²) in [7, 11) is 0. The smallest absolute Gasteiger partial charge is 0.300 e. The van der Waals surface area contributed by atoms with Gasteiger partial charge in [0.1, 0.15) is 11.5 Å². The van der Waals surface area contributed by atoms with Crippen LogP contribution in [0.4, 0.5) is 5.69 Å². The van der Waals surface area contributed by atoms with E-state index in [2.05, 4.69) is 0 Å². The fraction of sp³-hybridized carbons (Fsp3) is 0.0435. The lowest BCUT2D eigenvalue weighted by molar-refractivity contribution is -0.132. The van der Waals surface area contributed by atoms with Crippen LogP contribution in [0.2, 0.25) is 5.02 Å². The van der Waals surface area contributed by atoms with Crippen LogP contribution in [0.25, 0.3) is 5.76 Å². The molecule has 1 unspecified atom stereocenters. The van der Waals surface area contributed by atoms with E-state index in [1.165, 1.54) is 17.0 Å². The number of benzene rings is 3. The summed E-state index contributed by atoms with van der Waals surface area (Å²) in [6, 6.07) is 20.5. The van der Waals surface area contributed by atoms with Crippen molar-refractivity contribution < 1.29 is 19.8 Å². The number of aliphatic hydroxyl groups is 1. The third-order valence-electron chi connectivity index (χ3n) is 4.81. The number of aromatic hydroxyl groups is 1. The molecule has 0 bridgehead atoms. The topological polar surface area (TPSA) is 77.8 Å². The number of nitrogens with zero attached hydrogens (tertiary/aromatic N) is 1. The lowest BCUT2D eigenvalue weighted by Crippen LogP contribution is -2.29. The molecule has 29 heavy (non-hydrogen) atoms. The predicted molar refractivity (Wildman–Crippen MR) is 111 cm³/mol. The van der Waals surface area contributed by atoms with Crippen LogP contribution < -0.4 is 4.90 Å². The lowest BCUT2D eigenvalue weighted by atomic mass is 9.95. The number of anilines is 1. The molecule has 1 aliphatic rings. The van der Waals surface area contributed by atoms with Crippen LogP contribution in [-0.4, -0.2) is 21.9 Å². The Morgan fingerprint density at radius 1 is 0.862 bits per heavy atom. The van der Waals surface area contributed by atoms with Crippen LogP contribution in [0.15, 0.2) is 84.4 Å². The van der Waals surface area contributed by atoms with Gasteiger partial charge in [-0.05, 0) is 54.1 Å². The van der Waals surface area contributed by atoms with Crippen LogP contribution in [0.3, 0.4) is 0 Å².